The van der Waals surface area contributed by atoms with Crippen LogP contribution < -0.4 is 20.7 Å². The van der Waals surface area contributed by atoms with Crippen molar-refractivity contribution in [1.29, 1.82) is 0 Å². The Labute approximate surface area is 235 Å². The second kappa shape index (κ2) is 9.01. The van der Waals surface area contributed by atoms with Crippen LogP contribution in [0.15, 0.2) is 48.8 Å². The highest BCUT2D eigenvalue weighted by molar-refractivity contribution is 5.98. The number of para-hydroxylation sites is 1. The standard InChI is InChI=1S/C30H33F3N7O/c1-40(2)24-12-19(24)17-9-10-39(15-25(17)40)23-8-7-16(11-22(23)34)37-29-36-14-21(30(31,32)33)27(38-29)20-13-35-28-18(20)5-4-6-26(28)41-3/h4-8,11,13-14,17,19,24-25,35H,9-10,12,15,34H2,1-3H3,(H,36,37,38)/q+1. The van der Waals surface area contributed by atoms with Gasteiger partial charge in [-0.15, -0.1) is 0 Å². The Hall–Kier alpha value is -3.99. The lowest BCUT2D eigenvalue weighted by Gasteiger charge is -2.44. The molecule has 214 valence electrons. The van der Waals surface area contributed by atoms with E-state index in [2.05, 4.69) is 39.3 Å². The number of fused-ring (bicyclic) bond motifs is 4. The average Bonchev–Trinajstić information content (AvgIpc) is 3.58. The molecule has 11 heteroatoms. The highest BCUT2D eigenvalue weighted by atomic mass is 19.4. The van der Waals surface area contributed by atoms with Gasteiger partial charge in [0.15, 0.2) is 0 Å². The van der Waals surface area contributed by atoms with E-state index in [1.54, 1.807) is 24.3 Å². The summed E-state index contributed by atoms with van der Waals surface area (Å²) in [4.78, 5) is 13.7. The lowest BCUT2D eigenvalue weighted by Crippen LogP contribution is -2.57. The van der Waals surface area contributed by atoms with Gasteiger partial charge in [-0.1, -0.05) is 12.1 Å². The molecule has 1 saturated carbocycles. The Morgan fingerprint density at radius 1 is 1.15 bits per heavy atom. The van der Waals surface area contributed by atoms with Crippen molar-refractivity contribution in [2.24, 2.45) is 11.8 Å². The fourth-order valence-corrected chi connectivity index (χ4v) is 7.44. The van der Waals surface area contributed by atoms with Crippen LogP contribution in [0.4, 0.5) is 36.2 Å². The molecule has 0 bridgehead atoms. The van der Waals surface area contributed by atoms with E-state index >= 15 is 0 Å². The highest BCUT2D eigenvalue weighted by Gasteiger charge is 2.66. The molecular weight excluding hydrogens is 531 g/mol. The van der Waals surface area contributed by atoms with Crippen molar-refractivity contribution in [2.45, 2.75) is 31.1 Å². The number of nitrogen functional groups attached to an aromatic ring is 1. The van der Waals surface area contributed by atoms with E-state index < -0.39 is 11.7 Å². The number of quaternary nitrogens is 1. The van der Waals surface area contributed by atoms with Gasteiger partial charge >= 0.3 is 6.18 Å². The number of hydrogen-bond acceptors (Lipinski definition) is 6. The third-order valence-corrected chi connectivity index (χ3v) is 9.57. The monoisotopic (exact) mass is 564 g/mol. The van der Waals surface area contributed by atoms with Gasteiger partial charge < -0.3 is 30.2 Å². The number of ether oxygens (including phenoxy) is 1. The first-order valence-electron chi connectivity index (χ1n) is 13.9. The number of nitrogens with two attached hydrogens (primary N) is 1. The third-order valence-electron chi connectivity index (χ3n) is 9.57. The maximum absolute atomic E-state index is 14.0. The molecule has 0 radical (unpaired) electrons. The predicted molar refractivity (Wildman–Crippen MR) is 153 cm³/mol. The molecule has 4 heterocycles. The number of piperidine rings is 2. The van der Waals surface area contributed by atoms with Gasteiger partial charge in [0, 0.05) is 53.8 Å². The van der Waals surface area contributed by atoms with Gasteiger partial charge in [0.2, 0.25) is 5.95 Å². The van der Waals surface area contributed by atoms with Gasteiger partial charge in [-0.2, -0.15) is 13.2 Å². The van der Waals surface area contributed by atoms with E-state index in [0.717, 1.165) is 47.3 Å². The molecule has 4 unspecified atom stereocenters. The molecule has 2 saturated heterocycles. The number of likely N-dealkylation sites (N-methyl/N-ethyl adjacent to an activating group) is 1. The first-order chi connectivity index (χ1) is 19.6. The SMILES string of the molecule is COc1cccc2c(-c3nc(Nc4ccc(N5CCC6C7CC7[N+](C)(C)C6C5)c(N)c4)ncc3C(F)(F)F)c[nH]c12. The van der Waals surface area contributed by atoms with Crippen LogP contribution in [0.2, 0.25) is 0 Å². The number of nitrogens with zero attached hydrogens (tertiary/aromatic N) is 4. The van der Waals surface area contributed by atoms with Crippen molar-refractivity contribution in [3.8, 4) is 17.0 Å². The maximum atomic E-state index is 14.0. The summed E-state index contributed by atoms with van der Waals surface area (Å²) < 4.78 is 48.5. The van der Waals surface area contributed by atoms with Crippen molar-refractivity contribution in [3.63, 3.8) is 0 Å². The normalized spacial score (nSPS) is 24.7. The number of anilines is 4. The molecule has 4 atom stereocenters. The molecule has 0 amide bonds. The molecule has 1 aliphatic carbocycles. The van der Waals surface area contributed by atoms with E-state index in [-0.39, 0.29) is 11.6 Å². The largest absolute Gasteiger partial charge is 0.495 e. The summed E-state index contributed by atoms with van der Waals surface area (Å²) >= 11 is 0. The van der Waals surface area contributed by atoms with Gasteiger partial charge in [-0.3, -0.25) is 0 Å². The second-order valence-corrected chi connectivity index (χ2v) is 12.0. The van der Waals surface area contributed by atoms with Crippen LogP contribution in [0.25, 0.3) is 22.2 Å². The van der Waals surface area contributed by atoms with Gasteiger partial charge in [0.05, 0.1) is 56.4 Å². The molecule has 7 rings (SSSR count). The van der Waals surface area contributed by atoms with E-state index in [1.807, 2.05) is 12.1 Å². The predicted octanol–water partition coefficient (Wildman–Crippen LogP) is 5.65. The van der Waals surface area contributed by atoms with Gasteiger partial charge in [0.1, 0.15) is 17.4 Å². The number of likely N-dealkylation sites (tertiary alicyclic amines) is 1. The van der Waals surface area contributed by atoms with Crippen LogP contribution in [0.3, 0.4) is 0 Å². The van der Waals surface area contributed by atoms with Crippen LogP contribution in [0.5, 0.6) is 5.75 Å². The number of hydrogen-bond donors (Lipinski definition) is 3. The molecule has 3 aliphatic rings. The average molecular weight is 565 g/mol. The van der Waals surface area contributed by atoms with Crippen molar-refractivity contribution >= 4 is 33.9 Å². The lowest BCUT2D eigenvalue weighted by atomic mass is 9.88. The number of aromatic amines is 1. The highest BCUT2D eigenvalue weighted by Crippen LogP contribution is 2.57. The maximum Gasteiger partial charge on any atom is 0.419 e. The van der Waals surface area contributed by atoms with Gasteiger partial charge in [0.25, 0.3) is 0 Å². The summed E-state index contributed by atoms with van der Waals surface area (Å²) in [7, 11) is 6.24. The number of methoxy groups -OCH3 is 1. The molecule has 8 nitrogen and oxygen atoms in total. The van der Waals surface area contributed by atoms with Crippen molar-refractivity contribution < 1.29 is 22.4 Å². The molecule has 4 N–H and O–H groups in total. The quantitative estimate of drug-likeness (QED) is 0.214. The molecular formula is C30H33F3N7O+. The first kappa shape index (κ1) is 25.9. The molecule has 2 aliphatic heterocycles. The zero-order valence-corrected chi connectivity index (χ0v) is 23.2. The summed E-state index contributed by atoms with van der Waals surface area (Å²) in [5.41, 5.74) is 8.48. The smallest absolute Gasteiger partial charge is 0.419 e. The summed E-state index contributed by atoms with van der Waals surface area (Å²) in [6.45, 7) is 1.95. The molecule has 3 fully saturated rings. The summed E-state index contributed by atoms with van der Waals surface area (Å²) in [5, 5.41) is 3.63. The zero-order chi connectivity index (χ0) is 28.7. The third kappa shape index (κ3) is 4.16. The number of halogens is 3. The van der Waals surface area contributed by atoms with E-state index in [0.29, 0.717) is 39.6 Å². The minimum absolute atomic E-state index is 0.0439. The molecule has 2 aromatic carbocycles. The molecule has 0 spiro atoms. The fraction of sp³-hybridized carbons (Fsp3) is 0.400. The Morgan fingerprint density at radius 3 is 2.73 bits per heavy atom. The number of alkyl halides is 3. The van der Waals surface area contributed by atoms with Crippen LogP contribution >= 0.6 is 0 Å². The Balaban J connectivity index is 1.17. The van der Waals surface area contributed by atoms with Crippen LogP contribution in [-0.4, -0.2) is 65.8 Å². The van der Waals surface area contributed by atoms with Gasteiger partial charge in [-0.05, 0) is 30.7 Å². The second-order valence-electron chi connectivity index (χ2n) is 12.0. The van der Waals surface area contributed by atoms with E-state index in [4.69, 9.17) is 10.5 Å². The fourth-order valence-electron chi connectivity index (χ4n) is 7.44. The summed E-state index contributed by atoms with van der Waals surface area (Å²) in [6, 6.07) is 12.3. The summed E-state index contributed by atoms with van der Waals surface area (Å²) in [5.74, 6) is 2.24. The Morgan fingerprint density at radius 2 is 1.98 bits per heavy atom. The van der Waals surface area contributed by atoms with Crippen molar-refractivity contribution in [3.05, 3.63) is 54.4 Å². The van der Waals surface area contributed by atoms with Crippen LogP contribution in [-0.2, 0) is 6.18 Å². The van der Waals surface area contributed by atoms with E-state index in [1.165, 1.54) is 26.1 Å². The minimum atomic E-state index is -4.64. The molecule has 2 aromatic heterocycles. The first-order valence-corrected chi connectivity index (χ1v) is 13.9. The minimum Gasteiger partial charge on any atom is -0.495 e. The van der Waals surface area contributed by atoms with E-state index in [9.17, 15) is 13.2 Å². The topological polar surface area (TPSA) is 92.1 Å². The number of H-pyrrole nitrogens is 1. The van der Waals surface area contributed by atoms with Crippen molar-refractivity contribution in [1.82, 2.24) is 15.0 Å². The van der Waals surface area contributed by atoms with Crippen LogP contribution in [0.1, 0.15) is 18.4 Å². The van der Waals surface area contributed by atoms with Gasteiger partial charge in [-0.25, -0.2) is 9.97 Å². The number of aromatic nitrogens is 3. The number of benzene rings is 2. The number of rotatable bonds is 5. The number of nitrogens with one attached hydrogen (secondary N) is 2. The van der Waals surface area contributed by atoms with Crippen LogP contribution in [0, 0.1) is 11.8 Å². The molecule has 4 aromatic rings. The van der Waals surface area contributed by atoms with Crippen molar-refractivity contribution in [2.75, 3.05) is 50.2 Å². The lowest BCUT2D eigenvalue weighted by molar-refractivity contribution is -0.917. The Kier molecular flexibility index (Phi) is 5.70. The Bertz CT molecular complexity index is 1650. The molecule has 41 heavy (non-hydrogen) atoms. The summed E-state index contributed by atoms with van der Waals surface area (Å²) in [6.07, 6.45) is 0.229. The zero-order valence-electron chi connectivity index (χ0n) is 23.2.